The normalized spacial score (nSPS) is 10.9. The van der Waals surface area contributed by atoms with Crippen LogP contribution in [0.4, 0.5) is 17.1 Å². The summed E-state index contributed by atoms with van der Waals surface area (Å²) in [6.07, 6.45) is 1.77. The molecule has 0 radical (unpaired) electrons. The molecule has 10 nitrogen and oxygen atoms in total. The van der Waals surface area contributed by atoms with Crippen LogP contribution in [0, 0.1) is 34.1 Å². The van der Waals surface area contributed by atoms with Gasteiger partial charge in [-0.05, 0) is 31.5 Å². The van der Waals surface area contributed by atoms with E-state index in [1.165, 1.54) is 6.92 Å². The lowest BCUT2D eigenvalue weighted by atomic mass is 10.0. The SMILES string of the molecule is Cc1c(CO)cc([N+](=O)[O-])c(NCc2cn3c(C)cccc3n2)c1[N+](=O)[O-]. The molecule has 0 saturated heterocycles. The number of nitrogens with zero attached hydrogens (tertiary/aromatic N) is 4. The van der Waals surface area contributed by atoms with E-state index in [1.807, 2.05) is 29.5 Å². The van der Waals surface area contributed by atoms with Crippen molar-refractivity contribution in [3.8, 4) is 0 Å². The van der Waals surface area contributed by atoms with Gasteiger partial charge in [-0.25, -0.2) is 4.98 Å². The molecule has 27 heavy (non-hydrogen) atoms. The number of imidazole rings is 1. The second kappa shape index (κ2) is 7.00. The van der Waals surface area contributed by atoms with Crippen LogP contribution in [0.2, 0.25) is 0 Å². The first-order valence-corrected chi connectivity index (χ1v) is 8.07. The highest BCUT2D eigenvalue weighted by atomic mass is 16.6. The van der Waals surface area contributed by atoms with Crippen LogP contribution in [0.15, 0.2) is 30.5 Å². The van der Waals surface area contributed by atoms with Crippen molar-refractivity contribution in [3.63, 3.8) is 0 Å². The number of aromatic nitrogens is 2. The van der Waals surface area contributed by atoms with E-state index < -0.39 is 27.8 Å². The van der Waals surface area contributed by atoms with Crippen LogP contribution >= 0.6 is 0 Å². The van der Waals surface area contributed by atoms with Gasteiger partial charge >= 0.3 is 5.69 Å². The average molecular weight is 371 g/mol. The lowest BCUT2D eigenvalue weighted by Crippen LogP contribution is -2.09. The van der Waals surface area contributed by atoms with Crippen molar-refractivity contribution in [2.24, 2.45) is 0 Å². The topological polar surface area (TPSA) is 136 Å². The van der Waals surface area contributed by atoms with E-state index in [9.17, 15) is 25.3 Å². The molecular formula is C17H17N5O5. The summed E-state index contributed by atoms with van der Waals surface area (Å²) in [6.45, 7) is 2.91. The maximum Gasteiger partial charge on any atom is 0.302 e. The number of hydrogen-bond donors (Lipinski definition) is 2. The number of rotatable bonds is 6. The molecule has 0 aliphatic rings. The predicted molar refractivity (Wildman–Crippen MR) is 97.7 cm³/mol. The lowest BCUT2D eigenvalue weighted by molar-refractivity contribution is -0.392. The van der Waals surface area contributed by atoms with Gasteiger partial charge in [-0.15, -0.1) is 0 Å². The van der Waals surface area contributed by atoms with Gasteiger partial charge in [0, 0.05) is 23.5 Å². The van der Waals surface area contributed by atoms with Crippen LogP contribution in [0.25, 0.3) is 5.65 Å². The Kier molecular flexibility index (Phi) is 4.74. The quantitative estimate of drug-likeness (QED) is 0.502. The number of aryl methyl sites for hydroxylation is 1. The Bertz CT molecular complexity index is 1060. The molecule has 0 unspecified atom stereocenters. The van der Waals surface area contributed by atoms with E-state index >= 15 is 0 Å². The molecule has 0 atom stereocenters. The van der Waals surface area contributed by atoms with Crippen molar-refractivity contribution in [2.45, 2.75) is 27.0 Å². The molecule has 0 amide bonds. The summed E-state index contributed by atoms with van der Waals surface area (Å²) < 4.78 is 1.86. The van der Waals surface area contributed by atoms with Gasteiger partial charge in [0.2, 0.25) is 0 Å². The summed E-state index contributed by atoms with van der Waals surface area (Å²) in [5.74, 6) is 0. The fourth-order valence-electron chi connectivity index (χ4n) is 2.98. The maximum absolute atomic E-state index is 11.5. The Morgan fingerprint density at radius 2 is 1.96 bits per heavy atom. The van der Waals surface area contributed by atoms with Gasteiger partial charge in [0.05, 0.1) is 28.7 Å². The number of hydrogen-bond acceptors (Lipinski definition) is 7. The van der Waals surface area contributed by atoms with Crippen molar-refractivity contribution in [2.75, 3.05) is 5.32 Å². The Morgan fingerprint density at radius 1 is 1.22 bits per heavy atom. The number of aliphatic hydroxyl groups is 1. The molecule has 10 heteroatoms. The number of benzene rings is 1. The van der Waals surface area contributed by atoms with Gasteiger partial charge in [0.1, 0.15) is 5.65 Å². The van der Waals surface area contributed by atoms with Gasteiger partial charge in [-0.3, -0.25) is 20.2 Å². The van der Waals surface area contributed by atoms with Gasteiger partial charge in [-0.2, -0.15) is 0 Å². The predicted octanol–water partition coefficient (Wildman–Crippen LogP) is 2.87. The van der Waals surface area contributed by atoms with E-state index in [0.29, 0.717) is 11.3 Å². The van der Waals surface area contributed by atoms with Gasteiger partial charge < -0.3 is 14.8 Å². The van der Waals surface area contributed by atoms with Crippen molar-refractivity contribution in [3.05, 3.63) is 73.2 Å². The second-order valence-corrected chi connectivity index (χ2v) is 6.06. The number of nitrogens with one attached hydrogen (secondary N) is 1. The standard InChI is InChI=1S/C17H17N5O5/c1-10-4-3-5-15-19-13(8-20(10)15)7-18-16-14(21(24)25)6-12(9-23)11(2)17(16)22(26)27/h3-6,8,18,23H,7,9H2,1-2H3. The van der Waals surface area contributed by atoms with Crippen LogP contribution in [0.5, 0.6) is 0 Å². The molecule has 0 aliphatic heterocycles. The van der Waals surface area contributed by atoms with Crippen molar-refractivity contribution in [1.82, 2.24) is 9.38 Å². The van der Waals surface area contributed by atoms with Crippen molar-refractivity contribution >= 4 is 22.7 Å². The molecule has 0 fully saturated rings. The van der Waals surface area contributed by atoms with Crippen LogP contribution in [0.3, 0.4) is 0 Å². The molecule has 1 aromatic carbocycles. The lowest BCUT2D eigenvalue weighted by Gasteiger charge is -2.11. The number of anilines is 1. The van der Waals surface area contributed by atoms with Gasteiger partial charge in [0.25, 0.3) is 5.69 Å². The largest absolute Gasteiger partial charge is 0.392 e. The monoisotopic (exact) mass is 371 g/mol. The zero-order valence-corrected chi connectivity index (χ0v) is 14.7. The highest BCUT2D eigenvalue weighted by Crippen LogP contribution is 2.39. The Balaban J connectivity index is 2.04. The molecule has 2 N–H and O–H groups in total. The number of nitro groups is 2. The molecule has 0 aliphatic carbocycles. The molecule has 0 bridgehead atoms. The summed E-state index contributed by atoms with van der Waals surface area (Å²) in [6, 6.07) is 6.75. The zero-order valence-electron chi connectivity index (χ0n) is 14.7. The molecule has 2 aromatic heterocycles. The summed E-state index contributed by atoms with van der Waals surface area (Å²) in [7, 11) is 0. The number of nitro benzene ring substituents is 2. The summed E-state index contributed by atoms with van der Waals surface area (Å²) >= 11 is 0. The summed E-state index contributed by atoms with van der Waals surface area (Å²) in [5.41, 5.74) is 1.49. The van der Waals surface area contributed by atoms with Crippen LogP contribution in [-0.2, 0) is 13.2 Å². The van der Waals surface area contributed by atoms with E-state index in [1.54, 1.807) is 6.20 Å². The zero-order chi connectivity index (χ0) is 19.7. The van der Waals surface area contributed by atoms with Gasteiger partial charge in [-0.1, -0.05) is 6.07 Å². The molecule has 140 valence electrons. The number of fused-ring (bicyclic) bond motifs is 1. The first kappa shape index (κ1) is 18.3. The molecule has 3 aromatic rings. The van der Waals surface area contributed by atoms with E-state index in [4.69, 9.17) is 0 Å². The van der Waals surface area contributed by atoms with Gasteiger partial charge in [0.15, 0.2) is 5.69 Å². The fourth-order valence-corrected chi connectivity index (χ4v) is 2.98. The van der Waals surface area contributed by atoms with Crippen LogP contribution < -0.4 is 5.32 Å². The minimum atomic E-state index is -0.707. The third kappa shape index (κ3) is 3.29. The fraction of sp³-hybridized carbons (Fsp3) is 0.235. The smallest absolute Gasteiger partial charge is 0.302 e. The molecule has 0 spiro atoms. The highest BCUT2D eigenvalue weighted by Gasteiger charge is 2.30. The van der Waals surface area contributed by atoms with E-state index in [-0.39, 0.29) is 23.4 Å². The van der Waals surface area contributed by atoms with Crippen LogP contribution in [0.1, 0.15) is 22.5 Å². The third-order valence-corrected chi connectivity index (χ3v) is 4.38. The molecule has 0 saturated carbocycles. The minimum absolute atomic E-state index is 0.0702. The first-order valence-electron chi connectivity index (χ1n) is 8.07. The molecule has 2 heterocycles. The van der Waals surface area contributed by atoms with E-state index in [2.05, 4.69) is 10.3 Å². The summed E-state index contributed by atoms with van der Waals surface area (Å²) in [4.78, 5) is 26.0. The second-order valence-electron chi connectivity index (χ2n) is 6.06. The minimum Gasteiger partial charge on any atom is -0.392 e. The van der Waals surface area contributed by atoms with Crippen LogP contribution in [-0.4, -0.2) is 24.3 Å². The Hall–Kier alpha value is -3.53. The number of aliphatic hydroxyl groups excluding tert-OH is 1. The molecule has 3 rings (SSSR count). The third-order valence-electron chi connectivity index (χ3n) is 4.38. The molecular weight excluding hydrogens is 354 g/mol. The van der Waals surface area contributed by atoms with Crippen molar-refractivity contribution in [1.29, 1.82) is 0 Å². The highest BCUT2D eigenvalue weighted by molar-refractivity contribution is 5.77. The maximum atomic E-state index is 11.5. The Labute approximate surface area is 153 Å². The Morgan fingerprint density at radius 3 is 2.56 bits per heavy atom. The first-order chi connectivity index (χ1) is 12.8. The summed E-state index contributed by atoms with van der Waals surface area (Å²) in [5, 5.41) is 35.1. The average Bonchev–Trinajstić information content (AvgIpc) is 3.03. The van der Waals surface area contributed by atoms with Crippen molar-refractivity contribution < 1.29 is 15.0 Å². The number of pyridine rings is 1. The van der Waals surface area contributed by atoms with E-state index in [0.717, 1.165) is 11.8 Å².